The maximum absolute atomic E-state index is 13.3. The summed E-state index contributed by atoms with van der Waals surface area (Å²) in [6.45, 7) is 0. The van der Waals surface area contributed by atoms with E-state index in [4.69, 9.17) is 4.63 Å². The SMILES string of the molecule is O=C1C=CC(CSc2nonc2C(=Nc2ccc(F)c(Br)c2)NO)N=N1. The average Bonchev–Trinajstić information content (AvgIpc) is 3.10. The Labute approximate surface area is 158 Å². The third-order valence-electron chi connectivity index (χ3n) is 3.09. The number of carbonyl (C=O) groups is 1. The molecule has 1 aromatic heterocycles. The molecule has 1 atom stereocenters. The second kappa shape index (κ2) is 8.29. The van der Waals surface area contributed by atoms with Gasteiger partial charge in [0, 0.05) is 11.8 Å². The van der Waals surface area contributed by atoms with Crippen LogP contribution >= 0.6 is 27.7 Å². The fraction of sp³-hybridized carbons (Fsp3) is 0.143. The largest absolute Gasteiger partial charge is 0.290 e. The van der Waals surface area contributed by atoms with Gasteiger partial charge in [0.15, 0.2) is 16.6 Å². The third kappa shape index (κ3) is 4.39. The highest BCUT2D eigenvalue weighted by atomic mass is 79.9. The van der Waals surface area contributed by atoms with Gasteiger partial charge in [0.1, 0.15) is 5.82 Å². The number of thioether (sulfide) groups is 1. The van der Waals surface area contributed by atoms with Gasteiger partial charge in [0.25, 0.3) is 5.91 Å². The molecule has 2 aromatic rings. The van der Waals surface area contributed by atoms with Crippen LogP contribution in [0.5, 0.6) is 0 Å². The minimum atomic E-state index is -0.435. The summed E-state index contributed by atoms with van der Waals surface area (Å²) in [5, 5.41) is 24.6. The van der Waals surface area contributed by atoms with E-state index in [1.165, 1.54) is 36.0 Å². The normalized spacial score (nSPS) is 17.0. The van der Waals surface area contributed by atoms with Gasteiger partial charge in [0.05, 0.1) is 16.2 Å². The van der Waals surface area contributed by atoms with Crippen LogP contribution in [-0.2, 0) is 4.79 Å². The Bertz CT molecular complexity index is 900. The molecule has 0 spiro atoms. The standard InChI is InChI=1S/C14H10BrFN6O3S/c15-9-5-7(1-3-10(9)16)17-13(20-24)12-14(22-25-21-12)26-6-8-2-4-11(23)19-18-8/h1-5,8,24H,6H2,(H,17,20). The van der Waals surface area contributed by atoms with Crippen LogP contribution in [-0.4, -0.2) is 39.1 Å². The van der Waals surface area contributed by atoms with Crippen molar-refractivity contribution < 1.29 is 19.0 Å². The Kier molecular flexibility index (Phi) is 5.85. The molecule has 12 heteroatoms. The van der Waals surface area contributed by atoms with Gasteiger partial charge in [-0.1, -0.05) is 17.8 Å². The van der Waals surface area contributed by atoms with Crippen LogP contribution in [0.1, 0.15) is 5.69 Å². The zero-order valence-corrected chi connectivity index (χ0v) is 15.2. The molecule has 1 unspecified atom stereocenters. The van der Waals surface area contributed by atoms with E-state index in [0.717, 1.165) is 0 Å². The average molecular weight is 441 g/mol. The number of hydroxylamine groups is 1. The Morgan fingerprint density at radius 3 is 3.00 bits per heavy atom. The Hall–Kier alpha value is -2.44. The fourth-order valence-electron chi connectivity index (χ4n) is 1.88. The van der Waals surface area contributed by atoms with Gasteiger partial charge in [-0.2, -0.15) is 5.11 Å². The topological polar surface area (TPSA) is 125 Å². The van der Waals surface area contributed by atoms with Crippen LogP contribution in [0, 0.1) is 5.82 Å². The first-order valence-corrected chi connectivity index (χ1v) is 8.87. The van der Waals surface area contributed by atoms with Gasteiger partial charge in [-0.25, -0.2) is 14.0 Å². The van der Waals surface area contributed by atoms with Crippen molar-refractivity contribution in [1.29, 1.82) is 0 Å². The molecule has 9 nitrogen and oxygen atoms in total. The Balaban J connectivity index is 1.77. The molecule has 0 saturated carbocycles. The monoisotopic (exact) mass is 440 g/mol. The first kappa shape index (κ1) is 18.4. The van der Waals surface area contributed by atoms with Gasteiger partial charge in [-0.3, -0.25) is 15.5 Å². The molecule has 26 heavy (non-hydrogen) atoms. The highest BCUT2D eigenvalue weighted by molar-refractivity contribution is 9.10. The summed E-state index contributed by atoms with van der Waals surface area (Å²) in [7, 11) is 0. The zero-order chi connectivity index (χ0) is 18.5. The molecular weight excluding hydrogens is 431 g/mol. The van der Waals surface area contributed by atoms with Gasteiger partial charge in [0.2, 0.25) is 0 Å². The van der Waals surface area contributed by atoms with Crippen molar-refractivity contribution in [3.8, 4) is 0 Å². The predicted octanol–water partition coefficient (Wildman–Crippen LogP) is 3.04. The summed E-state index contributed by atoms with van der Waals surface area (Å²) in [6, 6.07) is 3.81. The van der Waals surface area contributed by atoms with Crippen LogP contribution in [0.15, 0.2) is 59.7 Å². The number of amidine groups is 1. The molecule has 3 rings (SSSR count). The number of aliphatic imine (C=N–C) groups is 1. The van der Waals surface area contributed by atoms with Crippen LogP contribution in [0.3, 0.4) is 0 Å². The number of rotatable bonds is 5. The number of nitrogens with one attached hydrogen (secondary N) is 1. The number of nitrogens with zero attached hydrogens (tertiary/aromatic N) is 5. The second-order valence-corrected chi connectivity index (χ2v) is 6.74. The molecule has 2 N–H and O–H groups in total. The van der Waals surface area contributed by atoms with Crippen molar-refractivity contribution in [3.63, 3.8) is 0 Å². The highest BCUT2D eigenvalue weighted by Gasteiger charge is 2.19. The van der Waals surface area contributed by atoms with E-state index in [0.29, 0.717) is 16.5 Å². The van der Waals surface area contributed by atoms with E-state index >= 15 is 0 Å². The number of benzene rings is 1. The maximum Gasteiger partial charge on any atom is 0.287 e. The van der Waals surface area contributed by atoms with E-state index in [1.54, 1.807) is 6.08 Å². The summed E-state index contributed by atoms with van der Waals surface area (Å²) in [5.41, 5.74) is 2.48. The van der Waals surface area contributed by atoms with Gasteiger partial charge >= 0.3 is 0 Å². The Morgan fingerprint density at radius 1 is 1.46 bits per heavy atom. The summed E-state index contributed by atoms with van der Waals surface area (Å²) in [6.07, 6.45) is 2.97. The van der Waals surface area contributed by atoms with E-state index < -0.39 is 11.7 Å². The molecule has 134 valence electrons. The lowest BCUT2D eigenvalue weighted by molar-refractivity contribution is -0.114. The molecule has 2 heterocycles. The molecule has 0 aliphatic carbocycles. The molecular formula is C14H10BrFN6O3S. The molecule has 1 aromatic carbocycles. The van der Waals surface area contributed by atoms with E-state index in [-0.39, 0.29) is 22.0 Å². The number of hydrogen-bond donors (Lipinski definition) is 2. The van der Waals surface area contributed by atoms with Crippen LogP contribution in [0.25, 0.3) is 0 Å². The number of amides is 1. The van der Waals surface area contributed by atoms with E-state index in [9.17, 15) is 14.4 Å². The minimum absolute atomic E-state index is 0.0248. The number of carbonyl (C=O) groups excluding carboxylic acids is 1. The first-order chi connectivity index (χ1) is 12.6. The number of hydrogen-bond acceptors (Lipinski definition) is 8. The lowest BCUT2D eigenvalue weighted by atomic mass is 10.3. The zero-order valence-electron chi connectivity index (χ0n) is 12.8. The first-order valence-electron chi connectivity index (χ1n) is 7.09. The van der Waals surface area contributed by atoms with Crippen LogP contribution < -0.4 is 5.48 Å². The van der Waals surface area contributed by atoms with Crippen LogP contribution in [0.4, 0.5) is 10.1 Å². The summed E-state index contributed by atoms with van der Waals surface area (Å²) in [4.78, 5) is 15.1. The highest BCUT2D eigenvalue weighted by Crippen LogP contribution is 2.25. The Morgan fingerprint density at radius 2 is 2.31 bits per heavy atom. The predicted molar refractivity (Wildman–Crippen MR) is 93.0 cm³/mol. The second-order valence-electron chi connectivity index (χ2n) is 4.88. The number of halogens is 2. The van der Waals surface area contributed by atoms with Crippen molar-refractivity contribution in [3.05, 3.63) is 46.3 Å². The maximum atomic E-state index is 13.3. The van der Waals surface area contributed by atoms with Crippen molar-refractivity contribution >= 4 is 45.1 Å². The van der Waals surface area contributed by atoms with Gasteiger partial charge in [-0.15, -0.1) is 5.11 Å². The molecule has 1 aliphatic rings. The van der Waals surface area contributed by atoms with Gasteiger partial charge in [-0.05, 0) is 44.4 Å². The van der Waals surface area contributed by atoms with Crippen LogP contribution in [0.2, 0.25) is 0 Å². The third-order valence-corrected chi connectivity index (χ3v) is 4.75. The van der Waals surface area contributed by atoms with Crippen molar-refractivity contribution in [1.82, 2.24) is 15.8 Å². The lowest BCUT2D eigenvalue weighted by Gasteiger charge is -2.07. The minimum Gasteiger partial charge on any atom is -0.290 e. The van der Waals surface area contributed by atoms with Gasteiger partial charge < -0.3 is 0 Å². The van der Waals surface area contributed by atoms with E-state index in [2.05, 4.69) is 41.5 Å². The smallest absolute Gasteiger partial charge is 0.287 e. The summed E-state index contributed by atoms with van der Waals surface area (Å²) in [5.74, 6) is -0.437. The number of azo groups is 1. The molecule has 0 fully saturated rings. The number of aromatic nitrogens is 2. The van der Waals surface area contributed by atoms with E-state index in [1.807, 2.05) is 5.48 Å². The summed E-state index contributed by atoms with van der Waals surface area (Å²) >= 11 is 4.30. The van der Waals surface area contributed by atoms with Crippen molar-refractivity contribution in [2.45, 2.75) is 11.1 Å². The molecule has 1 aliphatic heterocycles. The summed E-state index contributed by atoms with van der Waals surface area (Å²) < 4.78 is 18.3. The fourth-order valence-corrected chi connectivity index (χ4v) is 3.11. The van der Waals surface area contributed by atoms with Crippen molar-refractivity contribution in [2.75, 3.05) is 5.75 Å². The molecule has 1 amide bonds. The molecule has 0 radical (unpaired) electrons. The lowest BCUT2D eigenvalue weighted by Crippen LogP contribution is -2.21. The molecule has 0 saturated heterocycles. The van der Waals surface area contributed by atoms with Crippen molar-refractivity contribution in [2.24, 2.45) is 15.2 Å². The molecule has 0 bridgehead atoms. The quantitative estimate of drug-likeness (QED) is 0.316.